The van der Waals surface area contributed by atoms with Crippen LogP contribution in [0.4, 0.5) is 10.5 Å². The van der Waals surface area contributed by atoms with Crippen molar-refractivity contribution in [3.05, 3.63) is 63.6 Å². The number of imide groups is 1. The molecule has 142 valence electrons. The van der Waals surface area contributed by atoms with Gasteiger partial charge >= 0.3 is 6.03 Å². The summed E-state index contributed by atoms with van der Waals surface area (Å²) in [4.78, 5) is 38.3. The van der Waals surface area contributed by atoms with Gasteiger partial charge in [0.25, 0.3) is 5.91 Å². The van der Waals surface area contributed by atoms with Crippen molar-refractivity contribution in [2.45, 2.75) is 12.5 Å². The first-order chi connectivity index (χ1) is 13.2. The van der Waals surface area contributed by atoms with E-state index in [1.807, 2.05) is 6.07 Å². The van der Waals surface area contributed by atoms with E-state index in [0.29, 0.717) is 21.8 Å². The number of hydrogen-bond acceptors (Lipinski definition) is 4. The normalized spacial score (nSPS) is 18.6. The van der Waals surface area contributed by atoms with Crippen LogP contribution in [-0.2, 0) is 15.1 Å². The summed E-state index contributed by atoms with van der Waals surface area (Å²) in [5.41, 5.74) is 0.00935. The maximum Gasteiger partial charge on any atom is 0.325 e. The molecule has 28 heavy (non-hydrogen) atoms. The van der Waals surface area contributed by atoms with Crippen LogP contribution in [0, 0.1) is 11.3 Å². The molecule has 1 aliphatic rings. The first kappa shape index (κ1) is 19.7. The van der Waals surface area contributed by atoms with E-state index in [0.717, 1.165) is 4.90 Å². The molecule has 1 saturated heterocycles. The van der Waals surface area contributed by atoms with Gasteiger partial charge in [0.05, 0.1) is 21.7 Å². The molecular weight excluding hydrogens is 403 g/mol. The van der Waals surface area contributed by atoms with Crippen molar-refractivity contribution < 1.29 is 14.4 Å². The van der Waals surface area contributed by atoms with E-state index in [9.17, 15) is 14.4 Å². The summed E-state index contributed by atoms with van der Waals surface area (Å²) >= 11 is 11.7. The Morgan fingerprint density at radius 2 is 1.86 bits per heavy atom. The second-order valence-corrected chi connectivity index (χ2v) is 7.13. The van der Waals surface area contributed by atoms with E-state index in [1.165, 1.54) is 12.1 Å². The van der Waals surface area contributed by atoms with Crippen LogP contribution in [-0.4, -0.2) is 29.3 Å². The number of hydrogen-bond donors (Lipinski definition) is 2. The SMILES string of the molecule is CC1(c2ccc(C#N)cc2)NC(=O)N(CC(=O)Nc2ccc(Cl)c(Cl)c2)C1=O. The number of nitriles is 1. The summed E-state index contributed by atoms with van der Waals surface area (Å²) in [6.45, 7) is 1.09. The van der Waals surface area contributed by atoms with Crippen molar-refractivity contribution in [1.29, 1.82) is 5.26 Å². The number of carbonyl (C=O) groups excluding carboxylic acids is 3. The number of carbonyl (C=O) groups is 3. The lowest BCUT2D eigenvalue weighted by atomic mass is 9.91. The molecule has 0 aromatic heterocycles. The largest absolute Gasteiger partial charge is 0.325 e. The Morgan fingerprint density at radius 3 is 2.46 bits per heavy atom. The Labute approximate surface area is 170 Å². The molecule has 0 bridgehead atoms. The summed E-state index contributed by atoms with van der Waals surface area (Å²) in [6.07, 6.45) is 0. The van der Waals surface area contributed by atoms with Gasteiger partial charge in [-0.05, 0) is 42.8 Å². The van der Waals surface area contributed by atoms with Gasteiger partial charge in [-0.3, -0.25) is 14.5 Å². The van der Waals surface area contributed by atoms with Gasteiger partial charge in [0, 0.05) is 5.69 Å². The number of rotatable bonds is 4. The van der Waals surface area contributed by atoms with Crippen molar-refractivity contribution in [1.82, 2.24) is 10.2 Å². The second kappa shape index (κ2) is 7.50. The van der Waals surface area contributed by atoms with Crippen LogP contribution in [0.1, 0.15) is 18.1 Å². The van der Waals surface area contributed by atoms with Crippen molar-refractivity contribution in [2.24, 2.45) is 0 Å². The van der Waals surface area contributed by atoms with Gasteiger partial charge in [-0.25, -0.2) is 4.79 Å². The number of nitrogens with one attached hydrogen (secondary N) is 2. The third-order valence-electron chi connectivity index (χ3n) is 4.37. The summed E-state index contributed by atoms with van der Waals surface area (Å²) in [6, 6.07) is 12.2. The lowest BCUT2D eigenvalue weighted by molar-refractivity contribution is -0.133. The minimum absolute atomic E-state index is 0.267. The lowest BCUT2D eigenvalue weighted by Gasteiger charge is -2.22. The predicted molar refractivity (Wildman–Crippen MR) is 104 cm³/mol. The van der Waals surface area contributed by atoms with Gasteiger partial charge < -0.3 is 10.6 Å². The zero-order valence-electron chi connectivity index (χ0n) is 14.6. The molecule has 1 fully saturated rings. The fourth-order valence-electron chi connectivity index (χ4n) is 2.83. The number of halogens is 2. The highest BCUT2D eigenvalue weighted by atomic mass is 35.5. The fraction of sp³-hybridized carbons (Fsp3) is 0.158. The number of urea groups is 1. The Morgan fingerprint density at radius 1 is 1.18 bits per heavy atom. The molecule has 0 aliphatic carbocycles. The van der Waals surface area contributed by atoms with Crippen molar-refractivity contribution >= 4 is 46.7 Å². The molecule has 0 radical (unpaired) electrons. The first-order valence-corrected chi connectivity index (χ1v) is 8.90. The van der Waals surface area contributed by atoms with Crippen LogP contribution in [0.3, 0.4) is 0 Å². The molecular formula is C19H14Cl2N4O3. The topological polar surface area (TPSA) is 102 Å². The van der Waals surface area contributed by atoms with Crippen LogP contribution >= 0.6 is 23.2 Å². The smallest absolute Gasteiger partial charge is 0.324 e. The highest BCUT2D eigenvalue weighted by Crippen LogP contribution is 2.29. The van der Waals surface area contributed by atoms with Crippen LogP contribution in [0.5, 0.6) is 0 Å². The van der Waals surface area contributed by atoms with Crippen molar-refractivity contribution in [3.8, 4) is 6.07 Å². The molecule has 2 aromatic carbocycles. The maximum atomic E-state index is 12.8. The Kier molecular flexibility index (Phi) is 5.27. The Bertz CT molecular complexity index is 1020. The minimum atomic E-state index is -1.32. The van der Waals surface area contributed by atoms with Crippen molar-refractivity contribution in [2.75, 3.05) is 11.9 Å². The highest BCUT2D eigenvalue weighted by molar-refractivity contribution is 6.42. The monoisotopic (exact) mass is 416 g/mol. The fourth-order valence-corrected chi connectivity index (χ4v) is 3.13. The van der Waals surface area contributed by atoms with Crippen LogP contribution in [0.25, 0.3) is 0 Å². The van der Waals surface area contributed by atoms with Crippen LogP contribution < -0.4 is 10.6 Å². The number of benzene rings is 2. The quantitative estimate of drug-likeness (QED) is 0.746. The summed E-state index contributed by atoms with van der Waals surface area (Å²) < 4.78 is 0. The van der Waals surface area contributed by atoms with Gasteiger partial charge in [0.2, 0.25) is 5.91 Å². The minimum Gasteiger partial charge on any atom is -0.324 e. The number of anilines is 1. The lowest BCUT2D eigenvalue weighted by Crippen LogP contribution is -2.42. The third kappa shape index (κ3) is 3.65. The number of nitrogens with zero attached hydrogens (tertiary/aromatic N) is 2. The van der Waals surface area contributed by atoms with Gasteiger partial charge in [-0.1, -0.05) is 35.3 Å². The summed E-state index contributed by atoms with van der Waals surface area (Å²) in [7, 11) is 0. The van der Waals surface area contributed by atoms with E-state index in [1.54, 1.807) is 37.3 Å². The Hall–Kier alpha value is -3.08. The summed E-state index contributed by atoms with van der Waals surface area (Å²) in [5.74, 6) is -1.13. The van der Waals surface area contributed by atoms with E-state index in [-0.39, 0.29) is 5.02 Å². The van der Waals surface area contributed by atoms with E-state index in [2.05, 4.69) is 10.6 Å². The molecule has 9 heteroatoms. The summed E-state index contributed by atoms with van der Waals surface area (Å²) in [5, 5.41) is 14.7. The molecule has 0 spiro atoms. The standard InChI is InChI=1S/C19H14Cl2N4O3/c1-19(12-4-2-11(9-22)3-5-12)17(27)25(18(28)24-19)10-16(26)23-13-6-7-14(20)15(21)8-13/h2-8H,10H2,1H3,(H,23,26)(H,24,28). The third-order valence-corrected chi connectivity index (χ3v) is 5.11. The van der Waals surface area contributed by atoms with E-state index < -0.39 is 29.9 Å². The first-order valence-electron chi connectivity index (χ1n) is 8.14. The zero-order chi connectivity index (χ0) is 20.5. The average Bonchev–Trinajstić information content (AvgIpc) is 2.89. The molecule has 1 aliphatic heterocycles. The second-order valence-electron chi connectivity index (χ2n) is 6.31. The predicted octanol–water partition coefficient (Wildman–Crippen LogP) is 3.27. The molecule has 0 saturated carbocycles. The van der Waals surface area contributed by atoms with Gasteiger partial charge in [-0.2, -0.15) is 5.26 Å². The highest BCUT2D eigenvalue weighted by Gasteiger charge is 2.49. The van der Waals surface area contributed by atoms with Crippen molar-refractivity contribution in [3.63, 3.8) is 0 Å². The maximum absolute atomic E-state index is 12.8. The Balaban J connectivity index is 1.74. The van der Waals surface area contributed by atoms with Gasteiger partial charge in [0.15, 0.2) is 0 Å². The molecule has 4 amide bonds. The molecule has 1 heterocycles. The zero-order valence-corrected chi connectivity index (χ0v) is 16.1. The molecule has 3 rings (SSSR count). The molecule has 7 nitrogen and oxygen atoms in total. The molecule has 2 aromatic rings. The van der Waals surface area contributed by atoms with Gasteiger partial charge in [-0.15, -0.1) is 0 Å². The molecule has 1 unspecified atom stereocenters. The van der Waals surface area contributed by atoms with Crippen LogP contribution in [0.2, 0.25) is 10.0 Å². The van der Waals surface area contributed by atoms with Crippen LogP contribution in [0.15, 0.2) is 42.5 Å². The van der Waals surface area contributed by atoms with E-state index in [4.69, 9.17) is 28.5 Å². The van der Waals surface area contributed by atoms with Gasteiger partial charge in [0.1, 0.15) is 12.1 Å². The van der Waals surface area contributed by atoms with E-state index >= 15 is 0 Å². The molecule has 1 atom stereocenters. The molecule has 2 N–H and O–H groups in total. The average molecular weight is 417 g/mol. The number of amides is 4.